The summed E-state index contributed by atoms with van der Waals surface area (Å²) in [7, 11) is 0. The van der Waals surface area contributed by atoms with Gasteiger partial charge in [0, 0.05) is 6.42 Å². The molecule has 2 N–H and O–H groups in total. The SMILES string of the molecule is O=C(O)CCCCc1cc(COC(=O)O)ccc1CC(=O)OC1/C=C/COCOC1. The van der Waals surface area contributed by atoms with E-state index < -0.39 is 24.2 Å². The van der Waals surface area contributed by atoms with Crippen LogP contribution < -0.4 is 0 Å². The molecule has 1 atom stereocenters. The fraction of sp³-hybridized carbons (Fsp3) is 0.476. The molecule has 9 heteroatoms. The van der Waals surface area contributed by atoms with Crippen molar-refractivity contribution in [2.24, 2.45) is 0 Å². The van der Waals surface area contributed by atoms with Crippen molar-refractivity contribution in [3.8, 4) is 0 Å². The Kier molecular flexibility index (Phi) is 9.82. The van der Waals surface area contributed by atoms with Crippen LogP contribution in [0.5, 0.6) is 0 Å². The number of carbonyl (C=O) groups excluding carboxylic acids is 1. The zero-order chi connectivity index (χ0) is 21.8. The summed E-state index contributed by atoms with van der Waals surface area (Å²) in [5.74, 6) is -1.28. The molecule has 0 fully saturated rings. The van der Waals surface area contributed by atoms with Crippen LogP contribution in [0.3, 0.4) is 0 Å². The molecule has 0 radical (unpaired) electrons. The van der Waals surface area contributed by atoms with Crippen molar-refractivity contribution in [1.82, 2.24) is 0 Å². The molecule has 1 unspecified atom stereocenters. The van der Waals surface area contributed by atoms with Gasteiger partial charge in [0.2, 0.25) is 0 Å². The number of hydrogen-bond donors (Lipinski definition) is 2. The van der Waals surface area contributed by atoms with Crippen LogP contribution in [0, 0.1) is 0 Å². The Morgan fingerprint density at radius 1 is 1.10 bits per heavy atom. The van der Waals surface area contributed by atoms with Gasteiger partial charge in [0.15, 0.2) is 0 Å². The lowest BCUT2D eigenvalue weighted by atomic mass is 9.97. The van der Waals surface area contributed by atoms with Crippen molar-refractivity contribution in [3.05, 3.63) is 47.0 Å². The van der Waals surface area contributed by atoms with Gasteiger partial charge < -0.3 is 29.2 Å². The fourth-order valence-corrected chi connectivity index (χ4v) is 2.95. The fourth-order valence-electron chi connectivity index (χ4n) is 2.95. The molecule has 2 rings (SSSR count). The second kappa shape index (κ2) is 12.6. The van der Waals surface area contributed by atoms with Crippen molar-refractivity contribution in [2.45, 2.75) is 44.8 Å². The van der Waals surface area contributed by atoms with E-state index in [1.807, 2.05) is 0 Å². The van der Waals surface area contributed by atoms with Gasteiger partial charge in [0.1, 0.15) is 19.5 Å². The molecule has 0 spiro atoms. The lowest BCUT2D eigenvalue weighted by molar-refractivity contribution is -0.151. The smallest absolute Gasteiger partial charge is 0.481 e. The maximum absolute atomic E-state index is 12.4. The van der Waals surface area contributed by atoms with Crippen LogP contribution >= 0.6 is 0 Å². The molecule has 1 heterocycles. The number of aliphatic carboxylic acids is 1. The van der Waals surface area contributed by atoms with E-state index in [9.17, 15) is 14.4 Å². The van der Waals surface area contributed by atoms with E-state index >= 15 is 0 Å². The first-order valence-electron chi connectivity index (χ1n) is 9.64. The van der Waals surface area contributed by atoms with E-state index in [1.165, 1.54) is 0 Å². The molecule has 0 aliphatic carbocycles. The maximum atomic E-state index is 12.4. The molecule has 0 bridgehead atoms. The van der Waals surface area contributed by atoms with Gasteiger partial charge in [-0.15, -0.1) is 0 Å². The van der Waals surface area contributed by atoms with E-state index in [1.54, 1.807) is 30.4 Å². The Morgan fingerprint density at radius 3 is 2.70 bits per heavy atom. The Hall–Kier alpha value is -2.91. The first-order chi connectivity index (χ1) is 14.4. The zero-order valence-corrected chi connectivity index (χ0v) is 16.6. The predicted molar refractivity (Wildman–Crippen MR) is 104 cm³/mol. The normalized spacial score (nSPS) is 17.4. The van der Waals surface area contributed by atoms with Gasteiger partial charge in [-0.3, -0.25) is 9.59 Å². The Balaban J connectivity index is 2.03. The summed E-state index contributed by atoms with van der Waals surface area (Å²) in [4.78, 5) is 33.7. The summed E-state index contributed by atoms with van der Waals surface area (Å²) in [5.41, 5.74) is 2.23. The number of ether oxygens (including phenoxy) is 4. The number of carboxylic acids is 1. The Bertz CT molecular complexity index is 757. The highest BCUT2D eigenvalue weighted by molar-refractivity contribution is 5.73. The van der Waals surface area contributed by atoms with Crippen LogP contribution in [0.2, 0.25) is 0 Å². The molecule has 1 aromatic rings. The third-order valence-electron chi connectivity index (χ3n) is 4.35. The number of esters is 1. The summed E-state index contributed by atoms with van der Waals surface area (Å²) in [6.45, 7) is 0.622. The predicted octanol–water partition coefficient (Wildman–Crippen LogP) is 2.69. The minimum atomic E-state index is -1.37. The van der Waals surface area contributed by atoms with Crippen molar-refractivity contribution in [3.63, 3.8) is 0 Å². The molecule has 30 heavy (non-hydrogen) atoms. The van der Waals surface area contributed by atoms with Crippen LogP contribution in [-0.2, 0) is 48.0 Å². The van der Waals surface area contributed by atoms with Gasteiger partial charge in [-0.1, -0.05) is 24.3 Å². The molecule has 1 aliphatic heterocycles. The number of rotatable bonds is 10. The minimum Gasteiger partial charge on any atom is -0.481 e. The average molecular weight is 422 g/mol. The third-order valence-corrected chi connectivity index (χ3v) is 4.35. The molecular weight excluding hydrogens is 396 g/mol. The maximum Gasteiger partial charge on any atom is 0.506 e. The monoisotopic (exact) mass is 422 g/mol. The Morgan fingerprint density at radius 2 is 1.93 bits per heavy atom. The van der Waals surface area contributed by atoms with Gasteiger partial charge in [0.25, 0.3) is 0 Å². The van der Waals surface area contributed by atoms with Gasteiger partial charge in [-0.25, -0.2) is 4.79 Å². The van der Waals surface area contributed by atoms with Gasteiger partial charge in [-0.05, 0) is 42.0 Å². The van der Waals surface area contributed by atoms with E-state index in [4.69, 9.17) is 24.4 Å². The number of carbonyl (C=O) groups is 3. The molecule has 9 nitrogen and oxygen atoms in total. The van der Waals surface area contributed by atoms with E-state index in [-0.39, 0.29) is 32.8 Å². The number of hydrogen-bond acceptors (Lipinski definition) is 7. The number of aryl methyl sites for hydroxylation is 1. The van der Waals surface area contributed by atoms with Crippen LogP contribution in [-0.4, -0.2) is 54.4 Å². The highest BCUT2D eigenvalue weighted by Gasteiger charge is 2.16. The van der Waals surface area contributed by atoms with Crippen LogP contribution in [0.15, 0.2) is 30.4 Å². The second-order valence-electron chi connectivity index (χ2n) is 6.75. The molecular formula is C21H26O9. The van der Waals surface area contributed by atoms with Gasteiger partial charge >= 0.3 is 18.1 Å². The summed E-state index contributed by atoms with van der Waals surface area (Å²) >= 11 is 0. The third kappa shape index (κ3) is 9.06. The van der Waals surface area contributed by atoms with Gasteiger partial charge in [0.05, 0.1) is 19.6 Å². The van der Waals surface area contributed by atoms with Crippen LogP contribution in [0.4, 0.5) is 4.79 Å². The number of carboxylic acid groups (broad SMARTS) is 2. The van der Waals surface area contributed by atoms with Crippen molar-refractivity contribution < 1.29 is 43.5 Å². The summed E-state index contributed by atoms with van der Waals surface area (Å²) < 4.78 is 20.4. The quantitative estimate of drug-likeness (QED) is 0.332. The summed E-state index contributed by atoms with van der Waals surface area (Å²) in [6, 6.07) is 5.22. The second-order valence-corrected chi connectivity index (χ2v) is 6.75. The molecule has 0 amide bonds. The molecule has 0 saturated carbocycles. The molecule has 0 saturated heterocycles. The molecule has 1 aromatic carbocycles. The molecule has 0 aromatic heterocycles. The number of unbranched alkanes of at least 4 members (excludes halogenated alkanes) is 1. The van der Waals surface area contributed by atoms with E-state index in [0.717, 1.165) is 11.1 Å². The summed E-state index contributed by atoms with van der Waals surface area (Å²) in [6.07, 6.45) is 3.40. The number of benzene rings is 1. The van der Waals surface area contributed by atoms with E-state index in [2.05, 4.69) is 4.74 Å². The molecule has 1 aliphatic rings. The van der Waals surface area contributed by atoms with Crippen molar-refractivity contribution in [1.29, 1.82) is 0 Å². The summed E-state index contributed by atoms with van der Waals surface area (Å²) in [5, 5.41) is 17.5. The first-order valence-corrected chi connectivity index (χ1v) is 9.64. The Labute approximate surface area is 174 Å². The van der Waals surface area contributed by atoms with Crippen LogP contribution in [0.25, 0.3) is 0 Å². The highest BCUT2D eigenvalue weighted by atomic mass is 16.7. The topological polar surface area (TPSA) is 129 Å². The van der Waals surface area contributed by atoms with Crippen LogP contribution in [0.1, 0.15) is 36.0 Å². The minimum absolute atomic E-state index is 0.0369. The standard InChI is InChI=1S/C21H26O9/c22-19(23)6-2-1-4-16-10-15(12-29-21(25)26)7-8-17(16)11-20(24)30-18-5-3-9-27-14-28-13-18/h3,5,7-8,10,18H,1-2,4,6,9,11-14H2,(H,22,23)(H,25,26)/b5-3+. The lowest BCUT2D eigenvalue weighted by Crippen LogP contribution is -2.25. The van der Waals surface area contributed by atoms with E-state index in [0.29, 0.717) is 31.4 Å². The zero-order valence-electron chi connectivity index (χ0n) is 16.6. The van der Waals surface area contributed by atoms with Crippen molar-refractivity contribution in [2.75, 3.05) is 20.0 Å². The largest absolute Gasteiger partial charge is 0.506 e. The highest BCUT2D eigenvalue weighted by Crippen LogP contribution is 2.18. The van der Waals surface area contributed by atoms with Crippen molar-refractivity contribution >= 4 is 18.1 Å². The average Bonchev–Trinajstić information content (AvgIpc) is 2.67. The molecule has 164 valence electrons. The van der Waals surface area contributed by atoms with Gasteiger partial charge in [-0.2, -0.15) is 0 Å². The first kappa shape index (κ1) is 23.4. The lowest BCUT2D eigenvalue weighted by Gasteiger charge is -2.18.